The minimum Gasteiger partial charge on any atom is -0.329 e. The number of nitrogens with two attached hydrogens (primary N) is 1. The predicted octanol–water partition coefficient (Wildman–Crippen LogP) is -0.917. The van der Waals surface area contributed by atoms with E-state index in [1.165, 1.54) is 12.8 Å². The molecule has 1 saturated heterocycles. The van der Waals surface area contributed by atoms with E-state index < -0.39 is 0 Å². The number of hydrogen-bond acceptors (Lipinski definition) is 6. The van der Waals surface area contributed by atoms with Crippen LogP contribution < -0.4 is 5.73 Å². The summed E-state index contributed by atoms with van der Waals surface area (Å²) in [7, 11) is 2.15. The Morgan fingerprint density at radius 2 is 2.17 bits per heavy atom. The fourth-order valence-electron chi connectivity index (χ4n) is 2.58. The van der Waals surface area contributed by atoms with E-state index >= 15 is 0 Å². The van der Waals surface area contributed by atoms with E-state index in [-0.39, 0.29) is 0 Å². The molecule has 2 heterocycles. The summed E-state index contributed by atoms with van der Waals surface area (Å²) in [5.74, 6) is 0.987. The maximum absolute atomic E-state index is 5.87. The first-order chi connectivity index (χ1) is 8.78. The second kappa shape index (κ2) is 4.91. The molecule has 1 aliphatic carbocycles. The molecule has 1 aliphatic heterocycles. The van der Waals surface area contributed by atoms with Crippen LogP contribution in [0.5, 0.6) is 0 Å². The maximum Gasteiger partial charge on any atom is 0.165 e. The standard InChI is InChI=1S/C11H21N7/c1-16-4-5-17(10(6-12)7-16)8-11-13-14-15-18(11)9-2-3-9/h9-10H,2-8,12H2,1H3. The van der Waals surface area contributed by atoms with Gasteiger partial charge in [0, 0.05) is 32.2 Å². The van der Waals surface area contributed by atoms with Crippen LogP contribution in [0.1, 0.15) is 24.7 Å². The van der Waals surface area contributed by atoms with Crippen LogP contribution in [-0.2, 0) is 6.54 Å². The molecule has 7 heteroatoms. The number of rotatable bonds is 4. The van der Waals surface area contributed by atoms with Crippen molar-refractivity contribution in [2.75, 3.05) is 33.2 Å². The van der Waals surface area contributed by atoms with Crippen LogP contribution in [0.3, 0.4) is 0 Å². The number of aromatic nitrogens is 4. The minimum absolute atomic E-state index is 0.410. The Morgan fingerprint density at radius 1 is 1.33 bits per heavy atom. The lowest BCUT2D eigenvalue weighted by molar-refractivity contribution is 0.0844. The molecule has 0 bridgehead atoms. The third kappa shape index (κ3) is 2.38. The fourth-order valence-corrected chi connectivity index (χ4v) is 2.58. The first-order valence-electron chi connectivity index (χ1n) is 6.67. The molecular weight excluding hydrogens is 230 g/mol. The summed E-state index contributed by atoms with van der Waals surface area (Å²) in [6.07, 6.45) is 2.42. The third-order valence-corrected chi connectivity index (χ3v) is 3.88. The zero-order chi connectivity index (χ0) is 12.5. The molecule has 0 radical (unpaired) electrons. The summed E-state index contributed by atoms with van der Waals surface area (Å²) < 4.78 is 1.99. The lowest BCUT2D eigenvalue weighted by atomic mass is 10.1. The number of nitrogens with zero attached hydrogens (tertiary/aromatic N) is 6. The predicted molar refractivity (Wildman–Crippen MR) is 66.8 cm³/mol. The van der Waals surface area contributed by atoms with Crippen LogP contribution >= 0.6 is 0 Å². The highest BCUT2D eigenvalue weighted by Gasteiger charge is 2.30. The molecule has 2 N–H and O–H groups in total. The maximum atomic E-state index is 5.87. The van der Waals surface area contributed by atoms with Crippen molar-refractivity contribution in [2.45, 2.75) is 31.5 Å². The van der Waals surface area contributed by atoms with Gasteiger partial charge >= 0.3 is 0 Å². The van der Waals surface area contributed by atoms with E-state index in [0.717, 1.165) is 32.0 Å². The van der Waals surface area contributed by atoms with Gasteiger partial charge in [0.15, 0.2) is 5.82 Å². The van der Waals surface area contributed by atoms with Gasteiger partial charge in [-0.3, -0.25) is 4.90 Å². The van der Waals surface area contributed by atoms with E-state index in [0.29, 0.717) is 18.6 Å². The molecule has 3 rings (SSSR count). The molecule has 1 atom stereocenters. The van der Waals surface area contributed by atoms with E-state index in [1.54, 1.807) is 0 Å². The smallest absolute Gasteiger partial charge is 0.165 e. The number of tetrazole rings is 1. The quantitative estimate of drug-likeness (QED) is 0.746. The molecule has 0 aromatic carbocycles. The van der Waals surface area contributed by atoms with Gasteiger partial charge in [-0.2, -0.15) is 0 Å². The molecule has 2 fully saturated rings. The Bertz CT molecular complexity index is 400. The van der Waals surface area contributed by atoms with E-state index in [9.17, 15) is 0 Å². The summed E-state index contributed by atoms with van der Waals surface area (Å²) in [6, 6.07) is 0.951. The van der Waals surface area contributed by atoms with Gasteiger partial charge in [-0.25, -0.2) is 4.68 Å². The summed E-state index contributed by atoms with van der Waals surface area (Å²) in [5.41, 5.74) is 5.87. The Kier molecular flexibility index (Phi) is 3.27. The van der Waals surface area contributed by atoms with Gasteiger partial charge in [-0.1, -0.05) is 0 Å². The average molecular weight is 251 g/mol. The molecule has 2 aliphatic rings. The Hall–Kier alpha value is -1.05. The highest BCUT2D eigenvalue weighted by atomic mass is 15.6. The van der Waals surface area contributed by atoms with Crippen molar-refractivity contribution in [3.8, 4) is 0 Å². The normalized spacial score (nSPS) is 26.7. The highest BCUT2D eigenvalue weighted by Crippen LogP contribution is 2.34. The summed E-state index contributed by atoms with van der Waals surface area (Å²) in [6.45, 7) is 4.66. The molecule has 1 aromatic rings. The molecule has 1 saturated carbocycles. The van der Waals surface area contributed by atoms with Gasteiger partial charge in [0.2, 0.25) is 0 Å². The van der Waals surface area contributed by atoms with Crippen molar-refractivity contribution in [3.05, 3.63) is 5.82 Å². The Balaban J connectivity index is 1.68. The zero-order valence-corrected chi connectivity index (χ0v) is 10.9. The van der Waals surface area contributed by atoms with E-state index in [4.69, 9.17) is 5.73 Å². The lowest BCUT2D eigenvalue weighted by Crippen LogP contribution is -2.54. The van der Waals surface area contributed by atoms with Crippen molar-refractivity contribution >= 4 is 0 Å². The number of hydrogen-bond donors (Lipinski definition) is 1. The number of likely N-dealkylation sites (N-methyl/N-ethyl adjacent to an activating group) is 1. The van der Waals surface area contributed by atoms with E-state index in [1.807, 2.05) is 4.68 Å². The van der Waals surface area contributed by atoms with Gasteiger partial charge < -0.3 is 10.6 Å². The van der Waals surface area contributed by atoms with Crippen LogP contribution in [0.15, 0.2) is 0 Å². The topological polar surface area (TPSA) is 76.1 Å². The van der Waals surface area contributed by atoms with E-state index in [2.05, 4.69) is 32.4 Å². The van der Waals surface area contributed by atoms with Crippen molar-refractivity contribution in [3.63, 3.8) is 0 Å². The van der Waals surface area contributed by atoms with Crippen LogP contribution in [0.4, 0.5) is 0 Å². The average Bonchev–Trinajstić information content (AvgIpc) is 3.12. The summed E-state index contributed by atoms with van der Waals surface area (Å²) >= 11 is 0. The molecule has 7 nitrogen and oxygen atoms in total. The first kappa shape index (κ1) is 12.0. The van der Waals surface area contributed by atoms with Crippen molar-refractivity contribution < 1.29 is 0 Å². The molecule has 18 heavy (non-hydrogen) atoms. The van der Waals surface area contributed by atoms with Crippen LogP contribution in [0.25, 0.3) is 0 Å². The van der Waals surface area contributed by atoms with Gasteiger partial charge in [0.25, 0.3) is 0 Å². The molecule has 0 spiro atoms. The molecule has 100 valence electrons. The van der Waals surface area contributed by atoms with Crippen molar-refractivity contribution in [1.82, 2.24) is 30.0 Å². The molecule has 1 unspecified atom stereocenters. The van der Waals surface area contributed by atoms with Crippen LogP contribution in [-0.4, -0.2) is 69.3 Å². The van der Waals surface area contributed by atoms with Crippen molar-refractivity contribution in [2.24, 2.45) is 5.73 Å². The zero-order valence-electron chi connectivity index (χ0n) is 10.9. The van der Waals surface area contributed by atoms with Gasteiger partial charge in [0.05, 0.1) is 12.6 Å². The second-order valence-corrected chi connectivity index (χ2v) is 5.39. The second-order valence-electron chi connectivity index (χ2n) is 5.39. The van der Waals surface area contributed by atoms with Gasteiger partial charge in [-0.05, 0) is 30.3 Å². The Morgan fingerprint density at radius 3 is 2.89 bits per heavy atom. The first-order valence-corrected chi connectivity index (χ1v) is 6.67. The molecule has 1 aromatic heterocycles. The molecular formula is C11H21N7. The lowest BCUT2D eigenvalue weighted by Gasteiger charge is -2.39. The van der Waals surface area contributed by atoms with Crippen LogP contribution in [0.2, 0.25) is 0 Å². The Labute approximate surface area is 107 Å². The third-order valence-electron chi connectivity index (χ3n) is 3.88. The van der Waals surface area contributed by atoms with Gasteiger partial charge in [-0.15, -0.1) is 5.10 Å². The monoisotopic (exact) mass is 251 g/mol. The SMILES string of the molecule is CN1CCN(Cc2nnnn2C2CC2)C(CN)C1. The summed E-state index contributed by atoms with van der Waals surface area (Å²) in [5, 5.41) is 12.1. The fraction of sp³-hybridized carbons (Fsp3) is 0.909. The minimum atomic E-state index is 0.410. The molecule has 0 amide bonds. The van der Waals surface area contributed by atoms with Crippen molar-refractivity contribution in [1.29, 1.82) is 0 Å². The van der Waals surface area contributed by atoms with Crippen LogP contribution in [0, 0.1) is 0 Å². The summed E-state index contributed by atoms with van der Waals surface area (Å²) in [4.78, 5) is 4.74. The number of piperazine rings is 1. The highest BCUT2D eigenvalue weighted by molar-refractivity contribution is 4.93. The van der Waals surface area contributed by atoms with Gasteiger partial charge in [0.1, 0.15) is 0 Å². The largest absolute Gasteiger partial charge is 0.329 e.